The maximum atomic E-state index is 13.0. The predicted molar refractivity (Wildman–Crippen MR) is 131 cm³/mol. The maximum Gasteiger partial charge on any atom is 0.243 e. The van der Waals surface area contributed by atoms with Crippen LogP contribution in [0.3, 0.4) is 0 Å². The van der Waals surface area contributed by atoms with Crippen molar-refractivity contribution >= 4 is 15.9 Å². The van der Waals surface area contributed by atoms with E-state index in [0.717, 1.165) is 16.9 Å². The number of piperazine rings is 1. The van der Waals surface area contributed by atoms with E-state index in [2.05, 4.69) is 32.9 Å². The van der Waals surface area contributed by atoms with E-state index < -0.39 is 10.0 Å². The molecule has 7 heteroatoms. The van der Waals surface area contributed by atoms with Crippen LogP contribution in [0.2, 0.25) is 0 Å². The fourth-order valence-electron chi connectivity index (χ4n) is 3.82. The Hall–Kier alpha value is -2.38. The van der Waals surface area contributed by atoms with Crippen LogP contribution in [0.1, 0.15) is 50.3 Å². The zero-order valence-corrected chi connectivity index (χ0v) is 21.2. The summed E-state index contributed by atoms with van der Waals surface area (Å²) in [6, 6.07) is 13.3. The van der Waals surface area contributed by atoms with Crippen LogP contribution in [0.25, 0.3) is 0 Å². The van der Waals surface area contributed by atoms with E-state index in [1.165, 1.54) is 9.87 Å². The minimum Gasteiger partial charge on any atom is -0.494 e. The summed E-state index contributed by atoms with van der Waals surface area (Å²) in [5, 5.41) is 0. The van der Waals surface area contributed by atoms with E-state index in [-0.39, 0.29) is 11.3 Å². The van der Waals surface area contributed by atoms with Gasteiger partial charge in [-0.25, -0.2) is 8.42 Å². The Bertz CT molecular complexity index is 1060. The summed E-state index contributed by atoms with van der Waals surface area (Å²) < 4.78 is 33.2. The first-order chi connectivity index (χ1) is 15.5. The highest BCUT2D eigenvalue weighted by atomic mass is 32.2. The van der Waals surface area contributed by atoms with Gasteiger partial charge in [0, 0.05) is 32.6 Å². The van der Waals surface area contributed by atoms with E-state index in [9.17, 15) is 13.2 Å². The molecule has 0 radical (unpaired) electrons. The van der Waals surface area contributed by atoms with Gasteiger partial charge in [-0.15, -0.1) is 0 Å². The van der Waals surface area contributed by atoms with Gasteiger partial charge in [0.05, 0.1) is 11.5 Å². The van der Waals surface area contributed by atoms with Gasteiger partial charge in [-0.05, 0) is 66.6 Å². The zero-order valence-electron chi connectivity index (χ0n) is 20.4. The van der Waals surface area contributed by atoms with Crippen LogP contribution in [0.15, 0.2) is 47.4 Å². The van der Waals surface area contributed by atoms with Gasteiger partial charge in [-0.3, -0.25) is 4.79 Å². The summed E-state index contributed by atoms with van der Waals surface area (Å²) in [6.45, 7) is 12.3. The molecule has 1 aliphatic heterocycles. The number of nitrogens with zero attached hydrogens (tertiary/aromatic N) is 2. The van der Waals surface area contributed by atoms with Crippen molar-refractivity contribution in [3.63, 3.8) is 0 Å². The Morgan fingerprint density at radius 1 is 0.939 bits per heavy atom. The Morgan fingerprint density at radius 3 is 2.15 bits per heavy atom. The molecule has 3 rings (SSSR count). The van der Waals surface area contributed by atoms with Crippen LogP contribution < -0.4 is 4.74 Å². The summed E-state index contributed by atoms with van der Waals surface area (Å²) in [6.07, 6.45) is 1.02. The normalized spacial score (nSPS) is 15.5. The van der Waals surface area contributed by atoms with E-state index >= 15 is 0 Å². The van der Waals surface area contributed by atoms with Gasteiger partial charge in [-0.2, -0.15) is 4.31 Å². The molecule has 0 atom stereocenters. The van der Waals surface area contributed by atoms with Crippen molar-refractivity contribution in [3.8, 4) is 5.75 Å². The Morgan fingerprint density at radius 2 is 1.58 bits per heavy atom. The highest BCUT2D eigenvalue weighted by Crippen LogP contribution is 2.24. The third-order valence-electron chi connectivity index (χ3n) is 6.23. The minimum absolute atomic E-state index is 0.0462. The van der Waals surface area contributed by atoms with Crippen molar-refractivity contribution < 1.29 is 17.9 Å². The molecular weight excluding hydrogens is 436 g/mol. The lowest BCUT2D eigenvalue weighted by atomic mass is 9.87. The van der Waals surface area contributed by atoms with Crippen LogP contribution in [-0.4, -0.2) is 56.3 Å². The van der Waals surface area contributed by atoms with E-state index in [1.807, 2.05) is 32.0 Å². The van der Waals surface area contributed by atoms with Gasteiger partial charge in [0.15, 0.2) is 0 Å². The molecule has 1 amide bonds. The number of amides is 1. The molecule has 180 valence electrons. The van der Waals surface area contributed by atoms with Gasteiger partial charge in [0.2, 0.25) is 15.9 Å². The predicted octanol–water partition coefficient (Wildman–Crippen LogP) is 4.29. The van der Waals surface area contributed by atoms with Crippen LogP contribution in [0, 0.1) is 13.8 Å². The zero-order chi connectivity index (χ0) is 24.2. The van der Waals surface area contributed by atoms with Gasteiger partial charge in [0.25, 0.3) is 0 Å². The number of carbonyl (C=O) groups is 1. The summed E-state index contributed by atoms with van der Waals surface area (Å²) in [7, 11) is -3.54. The standard InChI is InChI=1S/C26H36N2O4S/c1-20-8-13-24(19-21(20)2)33(30,31)28-16-14-27(15-17-28)25(29)7-6-18-32-23-11-9-22(10-12-23)26(3,4)5/h8-13,19H,6-7,14-18H2,1-5H3. The number of hydrogen-bond acceptors (Lipinski definition) is 4. The first-order valence-electron chi connectivity index (χ1n) is 11.6. The fourth-order valence-corrected chi connectivity index (χ4v) is 5.33. The minimum atomic E-state index is -3.54. The van der Waals surface area contributed by atoms with Crippen molar-refractivity contribution in [2.45, 2.75) is 57.8 Å². The summed E-state index contributed by atoms with van der Waals surface area (Å²) >= 11 is 0. The Balaban J connectivity index is 1.43. The average Bonchev–Trinajstić information content (AvgIpc) is 2.78. The first-order valence-corrected chi connectivity index (χ1v) is 13.0. The van der Waals surface area contributed by atoms with E-state index in [0.29, 0.717) is 50.5 Å². The van der Waals surface area contributed by atoms with Gasteiger partial charge in [0.1, 0.15) is 5.75 Å². The molecule has 1 fully saturated rings. The lowest BCUT2D eigenvalue weighted by Gasteiger charge is -2.34. The highest BCUT2D eigenvalue weighted by Gasteiger charge is 2.30. The molecule has 0 unspecified atom stereocenters. The first kappa shape index (κ1) is 25.2. The molecule has 0 saturated carbocycles. The molecular formula is C26H36N2O4S. The molecule has 0 N–H and O–H groups in total. The average molecular weight is 473 g/mol. The molecule has 2 aromatic rings. The molecule has 6 nitrogen and oxygen atoms in total. The van der Waals surface area contributed by atoms with Gasteiger partial charge in [-0.1, -0.05) is 39.0 Å². The van der Waals surface area contributed by atoms with Crippen molar-refractivity contribution in [1.29, 1.82) is 0 Å². The monoisotopic (exact) mass is 472 g/mol. The molecule has 0 aromatic heterocycles. The topological polar surface area (TPSA) is 66.9 Å². The van der Waals surface area contributed by atoms with Gasteiger partial charge >= 0.3 is 0 Å². The molecule has 1 heterocycles. The number of sulfonamides is 1. The molecule has 2 aromatic carbocycles. The lowest BCUT2D eigenvalue weighted by Crippen LogP contribution is -2.50. The SMILES string of the molecule is Cc1ccc(S(=O)(=O)N2CCN(C(=O)CCCOc3ccc(C(C)(C)C)cc3)CC2)cc1C. The number of aryl methyl sites for hydroxylation is 2. The van der Waals surface area contributed by atoms with Crippen molar-refractivity contribution in [2.75, 3.05) is 32.8 Å². The second-order valence-corrected chi connectivity index (χ2v) is 11.7. The summed E-state index contributed by atoms with van der Waals surface area (Å²) in [5.74, 6) is 0.852. The van der Waals surface area contributed by atoms with Crippen molar-refractivity contribution in [2.24, 2.45) is 0 Å². The molecule has 1 saturated heterocycles. The number of hydrogen-bond donors (Lipinski definition) is 0. The highest BCUT2D eigenvalue weighted by molar-refractivity contribution is 7.89. The van der Waals surface area contributed by atoms with Gasteiger partial charge < -0.3 is 9.64 Å². The second-order valence-electron chi connectivity index (χ2n) is 9.76. The summed E-state index contributed by atoms with van der Waals surface area (Å²) in [4.78, 5) is 14.6. The van der Waals surface area contributed by atoms with E-state index in [1.54, 1.807) is 17.0 Å². The van der Waals surface area contributed by atoms with Crippen molar-refractivity contribution in [3.05, 3.63) is 59.2 Å². The molecule has 33 heavy (non-hydrogen) atoms. The molecule has 0 aliphatic carbocycles. The number of carbonyl (C=O) groups excluding carboxylic acids is 1. The number of ether oxygens (including phenoxy) is 1. The van der Waals surface area contributed by atoms with Crippen molar-refractivity contribution in [1.82, 2.24) is 9.21 Å². The van der Waals surface area contributed by atoms with Crippen LogP contribution in [-0.2, 0) is 20.2 Å². The largest absolute Gasteiger partial charge is 0.494 e. The molecule has 1 aliphatic rings. The van der Waals surface area contributed by atoms with Crippen LogP contribution in [0.5, 0.6) is 5.75 Å². The third-order valence-corrected chi connectivity index (χ3v) is 8.13. The van der Waals surface area contributed by atoms with Crippen LogP contribution >= 0.6 is 0 Å². The number of benzene rings is 2. The quantitative estimate of drug-likeness (QED) is 0.564. The fraction of sp³-hybridized carbons (Fsp3) is 0.500. The molecule has 0 bridgehead atoms. The smallest absolute Gasteiger partial charge is 0.243 e. The number of rotatable bonds is 7. The summed E-state index contributed by atoms with van der Waals surface area (Å²) in [5.41, 5.74) is 3.38. The Labute approximate surface area is 198 Å². The maximum absolute atomic E-state index is 13.0. The molecule has 0 spiro atoms. The third kappa shape index (κ3) is 6.36. The van der Waals surface area contributed by atoms with E-state index in [4.69, 9.17) is 4.74 Å². The second kappa shape index (κ2) is 10.3. The lowest BCUT2D eigenvalue weighted by molar-refractivity contribution is -0.132. The Kier molecular flexibility index (Phi) is 7.85. The van der Waals surface area contributed by atoms with Crippen LogP contribution in [0.4, 0.5) is 0 Å².